The van der Waals surface area contributed by atoms with Gasteiger partial charge in [-0.15, -0.1) is 0 Å². The van der Waals surface area contributed by atoms with E-state index in [4.69, 9.17) is 0 Å². The maximum atomic E-state index is 13.3. The van der Waals surface area contributed by atoms with Gasteiger partial charge in [0.2, 0.25) is 5.91 Å². The molecule has 2 aromatic carbocycles. The zero-order valence-corrected chi connectivity index (χ0v) is 28.5. The van der Waals surface area contributed by atoms with Gasteiger partial charge in [-0.1, -0.05) is 48.5 Å². The molecule has 14 rings (SSSR count). The van der Waals surface area contributed by atoms with Gasteiger partial charge >= 0.3 is 0 Å². The van der Waals surface area contributed by atoms with Gasteiger partial charge in [0.25, 0.3) is 0 Å². The summed E-state index contributed by atoms with van der Waals surface area (Å²) in [5, 5.41) is 0. The smallest absolute Gasteiger partial charge is 0.226 e. The molecule has 2 heterocycles. The molecule has 248 valence electrons. The molecule has 10 aliphatic carbocycles. The predicted molar refractivity (Wildman–Crippen MR) is 187 cm³/mol. The van der Waals surface area contributed by atoms with Crippen molar-refractivity contribution < 1.29 is 4.79 Å². The molecule has 8 saturated carbocycles. The van der Waals surface area contributed by atoms with Crippen LogP contribution in [0.3, 0.4) is 0 Å². The minimum atomic E-state index is 0.275. The number of benzene rings is 2. The van der Waals surface area contributed by atoms with E-state index in [9.17, 15) is 4.79 Å². The van der Waals surface area contributed by atoms with Gasteiger partial charge in [0, 0.05) is 49.5 Å². The molecule has 0 aromatic heterocycles. The maximum Gasteiger partial charge on any atom is 0.226 e. The molecular weight excluding hydrogens is 572 g/mol. The number of aryl methyl sites for hydroxylation is 2. The third-order valence-corrected chi connectivity index (χ3v) is 16.5. The lowest BCUT2D eigenvalue weighted by Crippen LogP contribution is -2.56. The first-order chi connectivity index (χ1) is 23.1. The summed E-state index contributed by atoms with van der Waals surface area (Å²) < 4.78 is 0. The molecule has 2 aliphatic heterocycles. The van der Waals surface area contributed by atoms with Crippen molar-refractivity contribution >= 4 is 5.91 Å². The molecule has 2 aromatic rings. The Morgan fingerprint density at radius 1 is 0.468 bits per heavy atom. The van der Waals surface area contributed by atoms with Crippen molar-refractivity contribution in [3.8, 4) is 0 Å². The number of nitrogens with zero attached hydrogens (tertiary/aromatic N) is 2. The van der Waals surface area contributed by atoms with E-state index in [-0.39, 0.29) is 5.92 Å². The van der Waals surface area contributed by atoms with Crippen LogP contribution < -0.4 is 0 Å². The molecule has 1 unspecified atom stereocenters. The summed E-state index contributed by atoms with van der Waals surface area (Å²) in [7, 11) is 0. The largest absolute Gasteiger partial charge is 0.338 e. The summed E-state index contributed by atoms with van der Waals surface area (Å²) >= 11 is 0. The van der Waals surface area contributed by atoms with Crippen molar-refractivity contribution in [2.45, 2.75) is 114 Å². The van der Waals surface area contributed by atoms with E-state index in [1.54, 1.807) is 43.2 Å². The second-order valence-corrected chi connectivity index (χ2v) is 18.8. The Morgan fingerprint density at radius 3 is 1.57 bits per heavy atom. The van der Waals surface area contributed by atoms with E-state index in [1.807, 2.05) is 0 Å². The summed E-state index contributed by atoms with van der Waals surface area (Å²) in [4.78, 5) is 18.7. The van der Waals surface area contributed by atoms with Crippen LogP contribution in [0.2, 0.25) is 0 Å². The molecular formula is C44H56N2O. The van der Waals surface area contributed by atoms with Crippen molar-refractivity contribution in [3.05, 3.63) is 70.8 Å². The van der Waals surface area contributed by atoms with Crippen molar-refractivity contribution in [2.24, 2.45) is 59.2 Å². The SMILES string of the molecule is O=C1[C@@H]2CCc3ccccc3[C@@H]2CN1C1C2CC3CC(C2)CC1C3.c1ccc2c(c1)CCC1CN(C3C4CC5CC(C4)CC3C5)C[C@@H]21. The standard InChI is InChI=1S/C22H27NO.C22H29N/c24-22-19-6-5-15-3-1-2-4-18(15)20(19)12-23(22)21-16-8-13-7-14(10-16)11-17(21)9-13;1-2-4-20-16(3-1)5-6-17-12-23(13-21(17)20)22-18-8-14-7-15(10-18)11-19(22)9-14/h1-4,13-14,16-17,19-21H,5-12H2;1-4,14-15,17-19,21-22H,5-13H2/t13?,14?,16?,17?,19-,20+,21?;14?,15?,17?,18?,19?,21-,22?/m11/s1. The first-order valence-electron chi connectivity index (χ1n) is 20.3. The third-order valence-electron chi connectivity index (χ3n) is 16.5. The van der Waals surface area contributed by atoms with E-state index in [1.165, 1.54) is 69.2 Å². The molecule has 1 amide bonds. The number of hydrogen-bond acceptors (Lipinski definition) is 2. The van der Waals surface area contributed by atoms with Crippen LogP contribution in [0.15, 0.2) is 48.5 Å². The van der Waals surface area contributed by atoms with Gasteiger partial charge < -0.3 is 4.90 Å². The summed E-state index contributed by atoms with van der Waals surface area (Å²) in [6, 6.07) is 19.8. The Hall–Kier alpha value is -2.13. The van der Waals surface area contributed by atoms with Crippen molar-refractivity contribution in [1.29, 1.82) is 0 Å². The number of carbonyl (C=O) groups excluding carboxylic acids is 1. The zero-order chi connectivity index (χ0) is 30.8. The molecule has 12 aliphatic rings. The fourth-order valence-corrected chi connectivity index (χ4v) is 15.3. The van der Waals surface area contributed by atoms with E-state index in [0.29, 0.717) is 17.9 Å². The quantitative estimate of drug-likeness (QED) is 0.333. The fraction of sp³-hybridized carbons (Fsp3) is 0.705. The van der Waals surface area contributed by atoms with E-state index in [0.717, 1.165) is 84.6 Å². The second kappa shape index (κ2) is 10.9. The van der Waals surface area contributed by atoms with Crippen LogP contribution >= 0.6 is 0 Å². The maximum absolute atomic E-state index is 13.3. The molecule has 2 saturated heterocycles. The molecule has 8 bridgehead atoms. The Balaban J connectivity index is 0.000000115. The van der Waals surface area contributed by atoms with E-state index < -0.39 is 0 Å². The minimum absolute atomic E-state index is 0.275. The summed E-state index contributed by atoms with van der Waals surface area (Å²) in [6.45, 7) is 3.79. The van der Waals surface area contributed by atoms with Gasteiger partial charge in [0.1, 0.15) is 0 Å². The van der Waals surface area contributed by atoms with Crippen LogP contribution in [0.5, 0.6) is 0 Å². The Kier molecular flexibility index (Phi) is 6.67. The van der Waals surface area contributed by atoms with Gasteiger partial charge in [-0.3, -0.25) is 9.69 Å². The zero-order valence-electron chi connectivity index (χ0n) is 28.5. The summed E-state index contributed by atoms with van der Waals surface area (Å²) in [5.74, 6) is 11.0. The summed E-state index contributed by atoms with van der Waals surface area (Å²) in [6.07, 6.45) is 19.9. The Bertz CT molecular complexity index is 1490. The first kappa shape index (κ1) is 28.7. The molecule has 0 spiro atoms. The lowest BCUT2D eigenvalue weighted by molar-refractivity contribution is -0.141. The highest BCUT2D eigenvalue weighted by Gasteiger charge is 2.55. The molecule has 10 fully saturated rings. The number of likely N-dealkylation sites (tertiary alicyclic amines) is 2. The fourth-order valence-electron chi connectivity index (χ4n) is 15.3. The van der Waals surface area contributed by atoms with Crippen LogP contribution in [0, 0.1) is 59.2 Å². The highest BCUT2D eigenvalue weighted by molar-refractivity contribution is 5.83. The van der Waals surface area contributed by atoms with E-state index in [2.05, 4.69) is 58.3 Å². The van der Waals surface area contributed by atoms with Crippen LogP contribution in [-0.2, 0) is 17.6 Å². The Labute approximate surface area is 283 Å². The number of fused-ring (bicyclic) bond motifs is 6. The average Bonchev–Trinajstić information content (AvgIpc) is 3.66. The Morgan fingerprint density at radius 2 is 0.979 bits per heavy atom. The molecule has 4 atom stereocenters. The molecule has 47 heavy (non-hydrogen) atoms. The van der Waals surface area contributed by atoms with Crippen LogP contribution in [0.25, 0.3) is 0 Å². The highest BCUT2D eigenvalue weighted by Crippen LogP contribution is 2.58. The van der Waals surface area contributed by atoms with Crippen LogP contribution in [0.4, 0.5) is 0 Å². The number of carbonyl (C=O) groups is 1. The third kappa shape index (κ3) is 4.56. The van der Waals surface area contributed by atoms with Crippen LogP contribution in [-0.4, -0.2) is 47.4 Å². The summed E-state index contributed by atoms with van der Waals surface area (Å²) in [5.41, 5.74) is 6.34. The lowest BCUT2D eigenvalue weighted by atomic mass is 9.54. The van der Waals surface area contributed by atoms with Crippen molar-refractivity contribution in [1.82, 2.24) is 9.80 Å². The normalized spacial score (nSPS) is 46.5. The topological polar surface area (TPSA) is 23.6 Å². The molecule has 3 heteroatoms. The van der Waals surface area contributed by atoms with Gasteiger partial charge in [-0.25, -0.2) is 0 Å². The molecule has 0 radical (unpaired) electrons. The monoisotopic (exact) mass is 628 g/mol. The lowest BCUT2D eigenvalue weighted by Gasteiger charge is -2.57. The predicted octanol–water partition coefficient (Wildman–Crippen LogP) is 8.47. The first-order valence-corrected chi connectivity index (χ1v) is 20.3. The van der Waals surface area contributed by atoms with Gasteiger partial charge in [-0.2, -0.15) is 0 Å². The molecule has 0 N–H and O–H groups in total. The van der Waals surface area contributed by atoms with Gasteiger partial charge in [-0.05, 0) is 165 Å². The van der Waals surface area contributed by atoms with E-state index >= 15 is 0 Å². The number of hydrogen-bond donors (Lipinski definition) is 0. The van der Waals surface area contributed by atoms with Gasteiger partial charge in [0.05, 0.1) is 0 Å². The van der Waals surface area contributed by atoms with Crippen LogP contribution in [0.1, 0.15) is 111 Å². The number of amides is 1. The van der Waals surface area contributed by atoms with Crippen molar-refractivity contribution in [2.75, 3.05) is 19.6 Å². The highest BCUT2D eigenvalue weighted by atomic mass is 16.2. The van der Waals surface area contributed by atoms with Gasteiger partial charge in [0.15, 0.2) is 0 Å². The average molecular weight is 629 g/mol. The molecule has 3 nitrogen and oxygen atoms in total. The number of rotatable bonds is 2. The minimum Gasteiger partial charge on any atom is -0.338 e. The van der Waals surface area contributed by atoms with Crippen molar-refractivity contribution in [3.63, 3.8) is 0 Å². The second-order valence-electron chi connectivity index (χ2n) is 18.8.